The number of pyridine rings is 1. The van der Waals surface area contributed by atoms with Crippen molar-refractivity contribution in [3.63, 3.8) is 0 Å². The van der Waals surface area contributed by atoms with Crippen LogP contribution in [0.15, 0.2) is 18.3 Å². The second-order valence-corrected chi connectivity index (χ2v) is 4.87. The Balaban J connectivity index is 2.12. The number of hydrogen-bond donors (Lipinski definition) is 1. The van der Waals surface area contributed by atoms with Gasteiger partial charge >= 0.3 is 0 Å². The molecule has 16 heavy (non-hydrogen) atoms. The Morgan fingerprint density at radius 2 is 2.25 bits per heavy atom. The van der Waals surface area contributed by atoms with E-state index in [-0.39, 0.29) is 6.61 Å². The fourth-order valence-corrected chi connectivity index (χ4v) is 2.20. The highest BCUT2D eigenvalue weighted by Gasteiger charge is 2.23. The molecule has 1 N–H and O–H groups in total. The van der Waals surface area contributed by atoms with E-state index in [0.29, 0.717) is 5.92 Å². The largest absolute Gasteiger partial charge is 0.392 e. The van der Waals surface area contributed by atoms with E-state index in [1.54, 1.807) is 6.20 Å². The van der Waals surface area contributed by atoms with Crippen molar-refractivity contribution in [1.82, 2.24) is 4.98 Å². The van der Waals surface area contributed by atoms with Crippen LogP contribution in [0.25, 0.3) is 0 Å². The molecule has 2 unspecified atom stereocenters. The van der Waals surface area contributed by atoms with E-state index < -0.39 is 0 Å². The summed E-state index contributed by atoms with van der Waals surface area (Å²) in [6.07, 6.45) is 3.01. The number of rotatable bonds is 2. The Bertz CT molecular complexity index is 354. The van der Waals surface area contributed by atoms with Crippen LogP contribution in [0, 0.1) is 11.8 Å². The molecule has 0 spiro atoms. The van der Waals surface area contributed by atoms with Crippen molar-refractivity contribution in [2.75, 3.05) is 18.0 Å². The zero-order chi connectivity index (χ0) is 11.5. The van der Waals surface area contributed by atoms with E-state index in [4.69, 9.17) is 5.11 Å². The molecule has 1 saturated heterocycles. The molecular formula is C13H20N2O. The predicted octanol–water partition coefficient (Wildman–Crippen LogP) is 2.06. The lowest BCUT2D eigenvalue weighted by atomic mass is 9.89. The number of aliphatic hydroxyl groups is 1. The first-order valence-corrected chi connectivity index (χ1v) is 6.01. The van der Waals surface area contributed by atoms with Crippen LogP contribution in [-0.2, 0) is 6.61 Å². The molecule has 0 aromatic carbocycles. The molecule has 0 amide bonds. The van der Waals surface area contributed by atoms with Crippen LogP contribution in [0.4, 0.5) is 5.82 Å². The molecule has 3 nitrogen and oxygen atoms in total. The van der Waals surface area contributed by atoms with Crippen LogP contribution in [0.5, 0.6) is 0 Å². The summed E-state index contributed by atoms with van der Waals surface area (Å²) in [6, 6.07) is 3.85. The van der Waals surface area contributed by atoms with Crippen LogP contribution in [-0.4, -0.2) is 23.2 Å². The Hall–Kier alpha value is -1.09. The van der Waals surface area contributed by atoms with Gasteiger partial charge in [-0.3, -0.25) is 0 Å². The smallest absolute Gasteiger partial charge is 0.128 e. The molecule has 0 radical (unpaired) electrons. The van der Waals surface area contributed by atoms with Crippen molar-refractivity contribution in [3.05, 3.63) is 23.9 Å². The number of piperidine rings is 1. The lowest BCUT2D eigenvalue weighted by Gasteiger charge is -2.36. The Morgan fingerprint density at radius 1 is 1.44 bits per heavy atom. The molecule has 1 aliphatic rings. The van der Waals surface area contributed by atoms with E-state index in [2.05, 4.69) is 23.7 Å². The Morgan fingerprint density at radius 3 is 2.94 bits per heavy atom. The molecule has 1 fully saturated rings. The highest BCUT2D eigenvalue weighted by Crippen LogP contribution is 2.26. The summed E-state index contributed by atoms with van der Waals surface area (Å²) in [4.78, 5) is 6.71. The van der Waals surface area contributed by atoms with Gasteiger partial charge < -0.3 is 10.0 Å². The minimum absolute atomic E-state index is 0.0926. The Labute approximate surface area is 97.1 Å². The number of anilines is 1. The van der Waals surface area contributed by atoms with E-state index in [1.807, 2.05) is 12.1 Å². The molecule has 0 saturated carbocycles. The molecular weight excluding hydrogens is 200 g/mol. The van der Waals surface area contributed by atoms with E-state index in [0.717, 1.165) is 30.4 Å². The summed E-state index contributed by atoms with van der Waals surface area (Å²) in [5.74, 6) is 2.52. The van der Waals surface area contributed by atoms with Crippen molar-refractivity contribution < 1.29 is 5.11 Å². The summed E-state index contributed by atoms with van der Waals surface area (Å²) in [5, 5.41) is 9.11. The van der Waals surface area contributed by atoms with Crippen molar-refractivity contribution >= 4 is 5.82 Å². The van der Waals surface area contributed by atoms with Gasteiger partial charge in [-0.15, -0.1) is 0 Å². The highest BCUT2D eigenvalue weighted by atomic mass is 16.3. The minimum atomic E-state index is 0.0926. The SMILES string of the molecule is CC1CCN(c2cc(CO)ccn2)CC1C. The first-order valence-electron chi connectivity index (χ1n) is 6.01. The van der Waals surface area contributed by atoms with Gasteiger partial charge in [0.25, 0.3) is 0 Å². The molecule has 2 rings (SSSR count). The van der Waals surface area contributed by atoms with E-state index in [9.17, 15) is 0 Å². The Kier molecular flexibility index (Phi) is 3.44. The maximum Gasteiger partial charge on any atom is 0.128 e. The quantitative estimate of drug-likeness (QED) is 0.828. The molecule has 88 valence electrons. The molecule has 1 aromatic rings. The molecule has 2 atom stereocenters. The topological polar surface area (TPSA) is 36.4 Å². The minimum Gasteiger partial charge on any atom is -0.392 e. The van der Waals surface area contributed by atoms with E-state index in [1.165, 1.54) is 6.42 Å². The van der Waals surface area contributed by atoms with Crippen LogP contribution in [0.1, 0.15) is 25.8 Å². The number of hydrogen-bond acceptors (Lipinski definition) is 3. The van der Waals surface area contributed by atoms with Gasteiger partial charge in [0.2, 0.25) is 0 Å². The monoisotopic (exact) mass is 220 g/mol. The first-order chi connectivity index (χ1) is 7.70. The van der Waals surface area contributed by atoms with E-state index >= 15 is 0 Å². The van der Waals surface area contributed by atoms with Crippen LogP contribution in [0.3, 0.4) is 0 Å². The lowest BCUT2D eigenvalue weighted by Crippen LogP contribution is -2.38. The summed E-state index contributed by atoms with van der Waals surface area (Å²) >= 11 is 0. The predicted molar refractivity (Wildman–Crippen MR) is 65.3 cm³/mol. The van der Waals surface area contributed by atoms with Crippen molar-refractivity contribution in [3.8, 4) is 0 Å². The van der Waals surface area contributed by atoms with Gasteiger partial charge in [0.15, 0.2) is 0 Å². The summed E-state index contributed by atoms with van der Waals surface area (Å²) in [7, 11) is 0. The van der Waals surface area contributed by atoms with Gasteiger partial charge in [-0.25, -0.2) is 4.98 Å². The second-order valence-electron chi connectivity index (χ2n) is 4.87. The van der Waals surface area contributed by atoms with Crippen molar-refractivity contribution in [1.29, 1.82) is 0 Å². The van der Waals surface area contributed by atoms with Crippen LogP contribution in [0.2, 0.25) is 0 Å². The molecule has 3 heteroatoms. The second kappa shape index (κ2) is 4.83. The summed E-state index contributed by atoms with van der Waals surface area (Å²) in [5.41, 5.74) is 0.941. The van der Waals surface area contributed by atoms with Gasteiger partial charge in [-0.05, 0) is 36.0 Å². The highest BCUT2D eigenvalue weighted by molar-refractivity contribution is 5.41. The third-order valence-electron chi connectivity index (χ3n) is 3.65. The first kappa shape index (κ1) is 11.4. The van der Waals surface area contributed by atoms with Crippen LogP contribution >= 0.6 is 0 Å². The average molecular weight is 220 g/mol. The standard InChI is InChI=1S/C13H20N2O/c1-10-4-6-15(8-11(10)2)13-7-12(9-16)3-5-14-13/h3,5,7,10-11,16H,4,6,8-9H2,1-2H3. The normalized spacial score (nSPS) is 25.8. The average Bonchev–Trinajstić information content (AvgIpc) is 2.33. The van der Waals surface area contributed by atoms with Gasteiger partial charge in [-0.2, -0.15) is 0 Å². The fourth-order valence-electron chi connectivity index (χ4n) is 2.20. The van der Waals surface area contributed by atoms with Gasteiger partial charge in [-0.1, -0.05) is 13.8 Å². The molecule has 2 heterocycles. The zero-order valence-electron chi connectivity index (χ0n) is 10.1. The third-order valence-corrected chi connectivity index (χ3v) is 3.65. The number of nitrogens with zero attached hydrogens (tertiary/aromatic N) is 2. The molecule has 1 aliphatic heterocycles. The summed E-state index contributed by atoms with van der Waals surface area (Å²) < 4.78 is 0. The van der Waals surface area contributed by atoms with Gasteiger partial charge in [0.1, 0.15) is 5.82 Å². The maximum atomic E-state index is 9.11. The molecule has 1 aromatic heterocycles. The van der Waals surface area contributed by atoms with Gasteiger partial charge in [0.05, 0.1) is 6.61 Å². The fraction of sp³-hybridized carbons (Fsp3) is 0.615. The maximum absolute atomic E-state index is 9.11. The van der Waals surface area contributed by atoms with Crippen molar-refractivity contribution in [2.45, 2.75) is 26.9 Å². The molecule has 0 bridgehead atoms. The zero-order valence-corrected chi connectivity index (χ0v) is 10.1. The van der Waals surface area contributed by atoms with Crippen LogP contribution < -0.4 is 4.90 Å². The summed E-state index contributed by atoms with van der Waals surface area (Å²) in [6.45, 7) is 6.86. The third kappa shape index (κ3) is 2.35. The van der Waals surface area contributed by atoms with Crippen molar-refractivity contribution in [2.24, 2.45) is 11.8 Å². The van der Waals surface area contributed by atoms with Gasteiger partial charge in [0, 0.05) is 19.3 Å². The molecule has 0 aliphatic carbocycles. The number of aromatic nitrogens is 1. The number of aliphatic hydroxyl groups excluding tert-OH is 1. The lowest BCUT2D eigenvalue weighted by molar-refractivity contribution is 0.281.